The Labute approximate surface area is 104 Å². The van der Waals surface area contributed by atoms with E-state index in [4.69, 9.17) is 10.5 Å². The standard InChI is InChI=1S/C13H13NO2S/c1-16-13(15)11-5-3-2-4-10(11)12(14)9-6-7-17-8-9/h2-8,12H,14H2,1H3/t12-/m1/s1. The minimum atomic E-state index is -0.355. The second-order valence-electron chi connectivity index (χ2n) is 3.61. The molecule has 0 fully saturated rings. The number of methoxy groups -OCH3 is 1. The van der Waals surface area contributed by atoms with E-state index in [-0.39, 0.29) is 12.0 Å². The van der Waals surface area contributed by atoms with Gasteiger partial charge in [0.25, 0.3) is 0 Å². The van der Waals surface area contributed by atoms with Gasteiger partial charge in [0.1, 0.15) is 0 Å². The van der Waals surface area contributed by atoms with E-state index in [1.54, 1.807) is 23.5 Å². The van der Waals surface area contributed by atoms with Crippen LogP contribution in [0.25, 0.3) is 0 Å². The number of rotatable bonds is 3. The molecule has 1 aromatic heterocycles. The first-order valence-corrected chi connectivity index (χ1v) is 6.13. The fourth-order valence-electron chi connectivity index (χ4n) is 1.70. The zero-order chi connectivity index (χ0) is 12.3. The Balaban J connectivity index is 2.41. The van der Waals surface area contributed by atoms with Crippen LogP contribution in [-0.2, 0) is 4.74 Å². The molecule has 1 atom stereocenters. The number of carbonyl (C=O) groups excluding carboxylic acids is 1. The molecule has 0 saturated heterocycles. The highest BCUT2D eigenvalue weighted by Gasteiger charge is 2.17. The van der Waals surface area contributed by atoms with Crippen LogP contribution in [0.5, 0.6) is 0 Å². The van der Waals surface area contributed by atoms with E-state index in [2.05, 4.69) is 0 Å². The molecule has 4 heteroatoms. The van der Waals surface area contributed by atoms with Gasteiger partial charge in [-0.25, -0.2) is 4.79 Å². The van der Waals surface area contributed by atoms with Crippen LogP contribution in [0, 0.1) is 0 Å². The SMILES string of the molecule is COC(=O)c1ccccc1[C@H](N)c1ccsc1. The van der Waals surface area contributed by atoms with Crippen molar-refractivity contribution in [3.8, 4) is 0 Å². The van der Waals surface area contributed by atoms with Crippen molar-refractivity contribution >= 4 is 17.3 Å². The lowest BCUT2D eigenvalue weighted by atomic mass is 9.97. The van der Waals surface area contributed by atoms with Crippen molar-refractivity contribution in [3.63, 3.8) is 0 Å². The van der Waals surface area contributed by atoms with Gasteiger partial charge in [0.2, 0.25) is 0 Å². The largest absolute Gasteiger partial charge is 0.465 e. The molecule has 0 spiro atoms. The minimum Gasteiger partial charge on any atom is -0.465 e. The van der Waals surface area contributed by atoms with Crippen molar-refractivity contribution < 1.29 is 9.53 Å². The summed E-state index contributed by atoms with van der Waals surface area (Å²) in [7, 11) is 1.37. The normalized spacial score (nSPS) is 12.1. The average Bonchev–Trinajstić information content (AvgIpc) is 2.91. The predicted octanol–water partition coefficient (Wildman–Crippen LogP) is 2.58. The molecule has 2 rings (SSSR count). The second-order valence-corrected chi connectivity index (χ2v) is 4.39. The summed E-state index contributed by atoms with van der Waals surface area (Å²) >= 11 is 1.59. The summed E-state index contributed by atoms with van der Waals surface area (Å²) in [5.74, 6) is -0.355. The fraction of sp³-hybridized carbons (Fsp3) is 0.154. The van der Waals surface area contributed by atoms with Gasteiger partial charge in [-0.2, -0.15) is 11.3 Å². The van der Waals surface area contributed by atoms with Crippen LogP contribution in [0.3, 0.4) is 0 Å². The molecule has 17 heavy (non-hydrogen) atoms. The van der Waals surface area contributed by atoms with Crippen LogP contribution in [0.15, 0.2) is 41.1 Å². The molecular weight excluding hydrogens is 234 g/mol. The summed E-state index contributed by atoms with van der Waals surface area (Å²) in [6.45, 7) is 0. The Kier molecular flexibility index (Phi) is 3.56. The maximum Gasteiger partial charge on any atom is 0.338 e. The van der Waals surface area contributed by atoms with Gasteiger partial charge < -0.3 is 10.5 Å². The molecular formula is C13H13NO2S. The van der Waals surface area contributed by atoms with E-state index in [9.17, 15) is 4.79 Å². The van der Waals surface area contributed by atoms with Crippen molar-refractivity contribution in [2.75, 3.05) is 7.11 Å². The highest BCUT2D eigenvalue weighted by molar-refractivity contribution is 7.08. The van der Waals surface area contributed by atoms with Gasteiger partial charge in [0.05, 0.1) is 18.7 Å². The molecule has 2 aromatic rings. The zero-order valence-corrected chi connectivity index (χ0v) is 10.2. The lowest BCUT2D eigenvalue weighted by Gasteiger charge is -2.14. The van der Waals surface area contributed by atoms with Gasteiger partial charge >= 0.3 is 5.97 Å². The Morgan fingerprint density at radius 1 is 1.35 bits per heavy atom. The van der Waals surface area contributed by atoms with Crippen LogP contribution in [0.2, 0.25) is 0 Å². The van der Waals surface area contributed by atoms with E-state index >= 15 is 0 Å². The molecule has 1 heterocycles. The number of benzene rings is 1. The first-order valence-electron chi connectivity index (χ1n) is 5.19. The lowest BCUT2D eigenvalue weighted by Crippen LogP contribution is -2.16. The number of nitrogens with two attached hydrogens (primary N) is 1. The van der Waals surface area contributed by atoms with Crippen LogP contribution < -0.4 is 5.73 Å². The quantitative estimate of drug-likeness (QED) is 0.848. The Morgan fingerprint density at radius 2 is 2.12 bits per heavy atom. The van der Waals surface area contributed by atoms with E-state index in [1.165, 1.54) is 7.11 Å². The molecule has 0 radical (unpaired) electrons. The van der Waals surface area contributed by atoms with Gasteiger partial charge in [-0.15, -0.1) is 0 Å². The molecule has 0 aliphatic rings. The molecule has 0 aliphatic heterocycles. The molecule has 0 unspecified atom stereocenters. The van der Waals surface area contributed by atoms with Crippen molar-refractivity contribution in [2.45, 2.75) is 6.04 Å². The van der Waals surface area contributed by atoms with E-state index in [0.717, 1.165) is 11.1 Å². The van der Waals surface area contributed by atoms with Crippen LogP contribution in [-0.4, -0.2) is 13.1 Å². The summed E-state index contributed by atoms with van der Waals surface area (Å²) in [4.78, 5) is 11.6. The summed E-state index contributed by atoms with van der Waals surface area (Å²) in [5.41, 5.74) is 8.47. The first-order chi connectivity index (χ1) is 8.24. The molecule has 0 bridgehead atoms. The molecule has 0 amide bonds. The van der Waals surface area contributed by atoms with Gasteiger partial charge in [0.15, 0.2) is 0 Å². The summed E-state index contributed by atoms with van der Waals surface area (Å²) < 4.78 is 4.75. The van der Waals surface area contributed by atoms with Crippen LogP contribution in [0.1, 0.15) is 27.5 Å². The van der Waals surface area contributed by atoms with Gasteiger partial charge in [0, 0.05) is 0 Å². The van der Waals surface area contributed by atoms with Crippen molar-refractivity contribution in [1.82, 2.24) is 0 Å². The van der Waals surface area contributed by atoms with E-state index in [1.807, 2.05) is 29.0 Å². The maximum atomic E-state index is 11.6. The average molecular weight is 247 g/mol. The number of hydrogen-bond donors (Lipinski definition) is 1. The van der Waals surface area contributed by atoms with E-state index < -0.39 is 0 Å². The highest BCUT2D eigenvalue weighted by atomic mass is 32.1. The Morgan fingerprint density at radius 3 is 2.76 bits per heavy atom. The third-order valence-electron chi connectivity index (χ3n) is 2.60. The van der Waals surface area contributed by atoms with Crippen molar-refractivity contribution in [2.24, 2.45) is 5.73 Å². The zero-order valence-electron chi connectivity index (χ0n) is 9.42. The number of hydrogen-bond acceptors (Lipinski definition) is 4. The molecule has 3 nitrogen and oxygen atoms in total. The Bertz CT molecular complexity index is 508. The topological polar surface area (TPSA) is 52.3 Å². The minimum absolute atomic E-state index is 0.295. The molecule has 88 valence electrons. The van der Waals surface area contributed by atoms with Crippen LogP contribution in [0.4, 0.5) is 0 Å². The second kappa shape index (κ2) is 5.12. The number of ether oxygens (including phenoxy) is 1. The monoisotopic (exact) mass is 247 g/mol. The molecule has 2 N–H and O–H groups in total. The fourth-order valence-corrected chi connectivity index (χ4v) is 2.39. The van der Waals surface area contributed by atoms with Crippen molar-refractivity contribution in [3.05, 3.63) is 57.8 Å². The number of esters is 1. The lowest BCUT2D eigenvalue weighted by molar-refractivity contribution is 0.0599. The number of carbonyl (C=O) groups is 1. The van der Waals surface area contributed by atoms with Gasteiger partial charge in [-0.3, -0.25) is 0 Å². The molecule has 0 aliphatic carbocycles. The molecule has 0 saturated carbocycles. The first kappa shape index (κ1) is 11.8. The van der Waals surface area contributed by atoms with Crippen LogP contribution >= 0.6 is 11.3 Å². The smallest absolute Gasteiger partial charge is 0.338 e. The summed E-state index contributed by atoms with van der Waals surface area (Å²) in [6, 6.07) is 8.92. The molecule has 1 aromatic carbocycles. The predicted molar refractivity (Wildman–Crippen MR) is 68.1 cm³/mol. The van der Waals surface area contributed by atoms with E-state index in [0.29, 0.717) is 5.56 Å². The summed E-state index contributed by atoms with van der Waals surface area (Å²) in [6.07, 6.45) is 0. The third-order valence-corrected chi connectivity index (χ3v) is 3.30. The third kappa shape index (κ3) is 2.38. The maximum absolute atomic E-state index is 11.6. The highest BCUT2D eigenvalue weighted by Crippen LogP contribution is 2.24. The van der Waals surface area contributed by atoms with Gasteiger partial charge in [-0.1, -0.05) is 18.2 Å². The summed E-state index contributed by atoms with van der Waals surface area (Å²) in [5, 5.41) is 3.95. The van der Waals surface area contributed by atoms with Gasteiger partial charge in [-0.05, 0) is 34.0 Å². The van der Waals surface area contributed by atoms with Crippen molar-refractivity contribution in [1.29, 1.82) is 0 Å². The Hall–Kier alpha value is -1.65. The number of thiophene rings is 1.